The molecule has 1 aliphatic carbocycles. The normalized spacial score (nSPS) is 14.7. The van der Waals surface area contributed by atoms with Gasteiger partial charge >= 0.3 is 0 Å². The molecule has 32 heavy (non-hydrogen) atoms. The molecule has 1 fully saturated rings. The van der Waals surface area contributed by atoms with Gasteiger partial charge in [0.25, 0.3) is 10.0 Å². The molecule has 0 radical (unpaired) electrons. The number of hydrogen-bond donors (Lipinski definition) is 1. The fourth-order valence-electron chi connectivity index (χ4n) is 3.66. The van der Waals surface area contributed by atoms with Crippen molar-refractivity contribution in [3.8, 4) is 5.75 Å². The Labute approximate surface area is 193 Å². The molecule has 1 saturated carbocycles. The molecule has 1 aliphatic rings. The number of carbonyl (C=O) groups is 1. The summed E-state index contributed by atoms with van der Waals surface area (Å²) in [5, 5.41) is 3.41. The zero-order valence-corrected chi connectivity index (χ0v) is 19.8. The number of nitrogens with one attached hydrogen (secondary N) is 1. The average molecular weight is 481 g/mol. The largest absolute Gasteiger partial charge is 0.497 e. The van der Waals surface area contributed by atoms with Crippen molar-refractivity contribution in [2.24, 2.45) is 0 Å². The van der Waals surface area contributed by atoms with Crippen molar-refractivity contribution < 1.29 is 22.3 Å². The third kappa shape index (κ3) is 6.38. The lowest BCUT2D eigenvalue weighted by atomic mass is 10.0. The zero-order chi connectivity index (χ0) is 23.0. The van der Waals surface area contributed by atoms with Crippen molar-refractivity contribution in [3.05, 3.63) is 54.3 Å². The summed E-state index contributed by atoms with van der Waals surface area (Å²) in [6.07, 6.45) is 6.22. The summed E-state index contributed by atoms with van der Waals surface area (Å²) >= 11 is 1.84. The predicted molar refractivity (Wildman–Crippen MR) is 126 cm³/mol. The molecule has 1 amide bonds. The molecule has 0 aliphatic heterocycles. The highest BCUT2D eigenvalue weighted by atomic mass is 32.2. The van der Waals surface area contributed by atoms with Crippen LogP contribution < -0.4 is 14.4 Å². The molecule has 9 heteroatoms. The van der Waals surface area contributed by atoms with E-state index in [1.807, 2.05) is 11.8 Å². The minimum atomic E-state index is -4.17. The van der Waals surface area contributed by atoms with Crippen LogP contribution in [0.3, 0.4) is 0 Å². The smallest absolute Gasteiger partial charge is 0.264 e. The van der Waals surface area contributed by atoms with E-state index in [1.165, 1.54) is 87.7 Å². The van der Waals surface area contributed by atoms with Crippen molar-refractivity contribution in [1.29, 1.82) is 0 Å². The molecule has 174 valence electrons. The van der Waals surface area contributed by atoms with Crippen LogP contribution in [0.25, 0.3) is 0 Å². The van der Waals surface area contributed by atoms with Crippen LogP contribution in [-0.2, 0) is 14.8 Å². The summed E-state index contributed by atoms with van der Waals surface area (Å²) in [6.45, 7) is -0.0723. The van der Waals surface area contributed by atoms with Gasteiger partial charge in [-0.3, -0.25) is 9.10 Å². The number of hydrogen-bond acceptors (Lipinski definition) is 5. The standard InChI is InChI=1S/C23H29FN2O4S2/c1-30-18-11-13-20(14-12-18)32(28,29)26(22-10-6-5-9-21(22)24)17-23(27)25-15-16-31-19-7-3-2-4-8-19/h5-6,9-14,19H,2-4,7-8,15-17H2,1H3,(H,25,27). The van der Waals surface area contributed by atoms with Gasteiger partial charge in [0.2, 0.25) is 5.91 Å². The van der Waals surface area contributed by atoms with Gasteiger partial charge in [0.1, 0.15) is 18.1 Å². The Morgan fingerprint density at radius 2 is 1.81 bits per heavy atom. The Hall–Kier alpha value is -2.26. The number of anilines is 1. The molecular formula is C23H29FN2O4S2. The summed E-state index contributed by atoms with van der Waals surface area (Å²) in [6, 6.07) is 11.3. The lowest BCUT2D eigenvalue weighted by molar-refractivity contribution is -0.119. The number of amides is 1. The van der Waals surface area contributed by atoms with E-state index in [2.05, 4.69) is 5.32 Å². The van der Waals surface area contributed by atoms with Crippen LogP contribution in [0.5, 0.6) is 5.75 Å². The third-order valence-electron chi connectivity index (χ3n) is 5.39. The van der Waals surface area contributed by atoms with E-state index >= 15 is 0 Å². The fourth-order valence-corrected chi connectivity index (χ4v) is 6.31. The number of halogens is 1. The molecule has 0 heterocycles. The van der Waals surface area contributed by atoms with Gasteiger partial charge in [-0.2, -0.15) is 11.8 Å². The first-order valence-corrected chi connectivity index (χ1v) is 13.2. The second-order valence-corrected chi connectivity index (χ2v) is 10.9. The highest BCUT2D eigenvalue weighted by molar-refractivity contribution is 7.99. The quantitative estimate of drug-likeness (QED) is 0.516. The summed E-state index contributed by atoms with van der Waals surface area (Å²) in [5.41, 5.74) is -0.171. The molecule has 0 spiro atoms. The topological polar surface area (TPSA) is 75.7 Å². The Morgan fingerprint density at radius 1 is 1.12 bits per heavy atom. The Kier molecular flexibility index (Phi) is 8.81. The SMILES string of the molecule is COc1ccc(S(=O)(=O)N(CC(=O)NCCSC2CCCCC2)c2ccccc2F)cc1. The second-order valence-electron chi connectivity index (χ2n) is 7.62. The van der Waals surface area contributed by atoms with Crippen LogP contribution in [0.15, 0.2) is 53.4 Å². The first kappa shape index (κ1) is 24.4. The number of thioether (sulfide) groups is 1. The molecule has 0 atom stereocenters. The second kappa shape index (κ2) is 11.6. The van der Waals surface area contributed by atoms with Gasteiger partial charge in [0.05, 0.1) is 17.7 Å². The van der Waals surface area contributed by atoms with Gasteiger partial charge in [-0.1, -0.05) is 31.4 Å². The minimum Gasteiger partial charge on any atom is -0.497 e. The Balaban J connectivity index is 1.70. The lowest BCUT2D eigenvalue weighted by Gasteiger charge is -2.25. The number of sulfonamides is 1. The van der Waals surface area contributed by atoms with Gasteiger partial charge in [-0.15, -0.1) is 0 Å². The first-order chi connectivity index (χ1) is 15.4. The van der Waals surface area contributed by atoms with Crippen molar-refractivity contribution in [2.45, 2.75) is 42.2 Å². The highest BCUT2D eigenvalue weighted by Gasteiger charge is 2.29. The predicted octanol–water partition coefficient (Wildman–Crippen LogP) is 4.21. The summed E-state index contributed by atoms with van der Waals surface area (Å²) in [7, 11) is -2.69. The van der Waals surface area contributed by atoms with Crippen LogP contribution in [0.2, 0.25) is 0 Å². The van der Waals surface area contributed by atoms with E-state index < -0.39 is 28.3 Å². The maximum absolute atomic E-state index is 14.5. The van der Waals surface area contributed by atoms with Crippen molar-refractivity contribution in [2.75, 3.05) is 30.3 Å². The molecule has 0 unspecified atom stereocenters. The number of methoxy groups -OCH3 is 1. The number of benzene rings is 2. The van der Waals surface area contributed by atoms with Gasteiger partial charge in [0.15, 0.2) is 0 Å². The maximum Gasteiger partial charge on any atom is 0.264 e. The van der Waals surface area contributed by atoms with Crippen molar-refractivity contribution in [3.63, 3.8) is 0 Å². The molecule has 2 aromatic rings. The van der Waals surface area contributed by atoms with Crippen molar-refractivity contribution >= 4 is 33.4 Å². The van der Waals surface area contributed by atoms with Crippen LogP contribution in [0.4, 0.5) is 10.1 Å². The Bertz CT molecular complexity index is 993. The first-order valence-electron chi connectivity index (χ1n) is 10.7. The van der Waals surface area contributed by atoms with E-state index in [9.17, 15) is 17.6 Å². The molecule has 0 aromatic heterocycles. The number of ether oxygens (including phenoxy) is 1. The minimum absolute atomic E-state index is 0.0535. The number of carbonyl (C=O) groups excluding carboxylic acids is 1. The zero-order valence-electron chi connectivity index (χ0n) is 18.1. The average Bonchev–Trinajstić information content (AvgIpc) is 2.81. The van der Waals surface area contributed by atoms with E-state index in [-0.39, 0.29) is 10.6 Å². The summed E-state index contributed by atoms with van der Waals surface area (Å²) in [4.78, 5) is 12.5. The lowest BCUT2D eigenvalue weighted by Crippen LogP contribution is -2.42. The molecule has 0 bridgehead atoms. The van der Waals surface area contributed by atoms with Crippen LogP contribution in [0, 0.1) is 5.82 Å². The van der Waals surface area contributed by atoms with E-state index in [0.29, 0.717) is 17.5 Å². The monoisotopic (exact) mass is 480 g/mol. The van der Waals surface area contributed by atoms with Crippen molar-refractivity contribution in [1.82, 2.24) is 5.32 Å². The van der Waals surface area contributed by atoms with Gasteiger partial charge < -0.3 is 10.1 Å². The van der Waals surface area contributed by atoms with Crippen LogP contribution >= 0.6 is 11.8 Å². The number of rotatable bonds is 10. The van der Waals surface area contributed by atoms with E-state index in [4.69, 9.17) is 4.74 Å². The summed E-state index contributed by atoms with van der Waals surface area (Å²) in [5.74, 6) is 0.0656. The van der Waals surface area contributed by atoms with E-state index in [1.54, 1.807) is 0 Å². The maximum atomic E-state index is 14.5. The van der Waals surface area contributed by atoms with Gasteiger partial charge in [-0.25, -0.2) is 12.8 Å². The molecule has 3 rings (SSSR count). The van der Waals surface area contributed by atoms with Gasteiger partial charge in [-0.05, 0) is 49.2 Å². The summed E-state index contributed by atoms with van der Waals surface area (Å²) < 4.78 is 47.0. The van der Waals surface area contributed by atoms with Crippen LogP contribution in [-0.4, -0.2) is 45.5 Å². The Morgan fingerprint density at radius 3 is 2.47 bits per heavy atom. The molecule has 2 aromatic carbocycles. The molecule has 0 saturated heterocycles. The van der Waals surface area contributed by atoms with E-state index in [0.717, 1.165) is 10.1 Å². The molecule has 6 nitrogen and oxygen atoms in total. The van der Waals surface area contributed by atoms with Gasteiger partial charge in [0, 0.05) is 17.5 Å². The third-order valence-corrected chi connectivity index (χ3v) is 8.54. The number of para-hydroxylation sites is 1. The van der Waals surface area contributed by atoms with Crippen LogP contribution in [0.1, 0.15) is 32.1 Å². The number of nitrogens with zero attached hydrogens (tertiary/aromatic N) is 1. The fraction of sp³-hybridized carbons (Fsp3) is 0.435. The molecular weight excluding hydrogens is 451 g/mol. The highest BCUT2D eigenvalue weighted by Crippen LogP contribution is 2.28. The molecule has 1 N–H and O–H groups in total.